The molecule has 0 aliphatic rings. The second-order valence-corrected chi connectivity index (χ2v) is 4.36. The fourth-order valence-corrected chi connectivity index (χ4v) is 1.77. The van der Waals surface area contributed by atoms with Gasteiger partial charge in [0.2, 0.25) is 12.0 Å². The van der Waals surface area contributed by atoms with Gasteiger partial charge in [0.15, 0.2) is 5.78 Å². The minimum atomic E-state index is -2.15. The number of unbranched alkanes of at least 4 members (excludes halogenated alkanes) is 1. The van der Waals surface area contributed by atoms with Crippen molar-refractivity contribution in [3.05, 3.63) is 23.8 Å². The lowest BCUT2D eigenvalue weighted by Gasteiger charge is -2.11. The van der Waals surface area contributed by atoms with E-state index in [1.165, 1.54) is 26.4 Å². The Bertz CT molecular complexity index is 485. The summed E-state index contributed by atoms with van der Waals surface area (Å²) in [6.45, 7) is 1.90. The molecule has 1 unspecified atom stereocenters. The number of Topliss-reactive ketones (excluding diaryl/α,β-unsaturated/α-hetero) is 2. The first kappa shape index (κ1) is 16.1. The van der Waals surface area contributed by atoms with E-state index in [-0.39, 0.29) is 17.7 Å². The van der Waals surface area contributed by atoms with E-state index < -0.39 is 17.7 Å². The van der Waals surface area contributed by atoms with Crippen LogP contribution in [0.3, 0.4) is 0 Å². The summed E-state index contributed by atoms with van der Waals surface area (Å²) >= 11 is 0. The van der Waals surface area contributed by atoms with Gasteiger partial charge in [-0.3, -0.25) is 9.59 Å². The molecule has 0 aliphatic carbocycles. The van der Waals surface area contributed by atoms with Crippen LogP contribution in [-0.2, 0) is 4.79 Å². The first-order valence-electron chi connectivity index (χ1n) is 6.48. The van der Waals surface area contributed by atoms with Gasteiger partial charge in [0.25, 0.3) is 0 Å². The van der Waals surface area contributed by atoms with Crippen LogP contribution in [0.5, 0.6) is 11.5 Å². The topological polar surface area (TPSA) is 52.6 Å². The van der Waals surface area contributed by atoms with Gasteiger partial charge in [0.05, 0.1) is 19.8 Å². The van der Waals surface area contributed by atoms with Crippen molar-refractivity contribution in [3.8, 4) is 11.5 Å². The highest BCUT2D eigenvalue weighted by Gasteiger charge is 2.28. The summed E-state index contributed by atoms with van der Waals surface area (Å²) in [5.41, 5.74) is 0.0178. The zero-order valence-electron chi connectivity index (χ0n) is 11.9. The lowest BCUT2D eigenvalue weighted by atomic mass is 10.0. The van der Waals surface area contributed by atoms with Gasteiger partial charge in [-0.1, -0.05) is 13.3 Å². The van der Waals surface area contributed by atoms with Crippen LogP contribution in [0.15, 0.2) is 18.2 Å². The van der Waals surface area contributed by atoms with Gasteiger partial charge in [0, 0.05) is 6.42 Å². The second kappa shape index (κ2) is 7.62. The fourth-order valence-electron chi connectivity index (χ4n) is 1.77. The quantitative estimate of drug-likeness (QED) is 0.543. The summed E-state index contributed by atoms with van der Waals surface area (Å²) in [6.07, 6.45) is -0.741. The molecule has 4 nitrogen and oxygen atoms in total. The van der Waals surface area contributed by atoms with Crippen LogP contribution in [-0.4, -0.2) is 32.0 Å². The molecule has 110 valence electrons. The summed E-state index contributed by atoms with van der Waals surface area (Å²) in [4.78, 5) is 23.7. The number of ether oxygens (including phenoxy) is 2. The zero-order chi connectivity index (χ0) is 15.1. The number of benzene rings is 1. The molecule has 0 radical (unpaired) electrons. The lowest BCUT2D eigenvalue weighted by Crippen LogP contribution is -2.26. The van der Waals surface area contributed by atoms with Crippen LogP contribution < -0.4 is 9.47 Å². The van der Waals surface area contributed by atoms with Gasteiger partial charge in [-0.05, 0) is 24.6 Å². The molecule has 1 aromatic carbocycles. The smallest absolute Gasteiger partial charge is 0.220 e. The van der Waals surface area contributed by atoms with Gasteiger partial charge in [-0.25, -0.2) is 4.39 Å². The van der Waals surface area contributed by atoms with Crippen molar-refractivity contribution in [3.63, 3.8) is 0 Å². The summed E-state index contributed by atoms with van der Waals surface area (Å²) in [6, 6.07) is 4.48. The van der Waals surface area contributed by atoms with Gasteiger partial charge in [-0.2, -0.15) is 0 Å². The maximum Gasteiger partial charge on any atom is 0.220 e. The molecule has 1 rings (SSSR count). The monoisotopic (exact) mass is 282 g/mol. The number of alkyl halides is 1. The van der Waals surface area contributed by atoms with Crippen LogP contribution in [0, 0.1) is 0 Å². The van der Waals surface area contributed by atoms with Crippen molar-refractivity contribution in [2.75, 3.05) is 14.2 Å². The van der Waals surface area contributed by atoms with E-state index in [9.17, 15) is 14.0 Å². The molecule has 0 spiro atoms. The van der Waals surface area contributed by atoms with E-state index in [1.54, 1.807) is 6.07 Å². The van der Waals surface area contributed by atoms with Gasteiger partial charge in [0.1, 0.15) is 11.5 Å². The van der Waals surface area contributed by atoms with Crippen LogP contribution in [0.4, 0.5) is 4.39 Å². The Morgan fingerprint density at radius 3 is 2.50 bits per heavy atom. The number of hydrogen-bond donors (Lipinski definition) is 0. The molecule has 0 heterocycles. The highest BCUT2D eigenvalue weighted by atomic mass is 19.1. The minimum Gasteiger partial charge on any atom is -0.497 e. The first-order valence-corrected chi connectivity index (χ1v) is 6.48. The second-order valence-electron chi connectivity index (χ2n) is 4.36. The Morgan fingerprint density at radius 2 is 1.95 bits per heavy atom. The number of hydrogen-bond acceptors (Lipinski definition) is 4. The summed E-state index contributed by atoms with van der Waals surface area (Å²) in [7, 11) is 2.82. The Balaban J connectivity index is 2.97. The molecule has 0 amide bonds. The van der Waals surface area contributed by atoms with Crippen LogP contribution in [0.2, 0.25) is 0 Å². The number of halogens is 1. The van der Waals surface area contributed by atoms with Crippen LogP contribution in [0.1, 0.15) is 36.5 Å². The van der Waals surface area contributed by atoms with Crippen molar-refractivity contribution >= 4 is 11.6 Å². The number of carbonyl (C=O) groups is 2. The maximum atomic E-state index is 14.0. The molecule has 0 aliphatic heterocycles. The average Bonchev–Trinajstić information content (AvgIpc) is 2.50. The Labute approximate surface area is 117 Å². The summed E-state index contributed by atoms with van der Waals surface area (Å²) in [5.74, 6) is -0.951. The number of carbonyl (C=O) groups excluding carboxylic acids is 2. The third-order valence-corrected chi connectivity index (χ3v) is 2.96. The van der Waals surface area contributed by atoms with E-state index in [4.69, 9.17) is 9.47 Å². The minimum absolute atomic E-state index is 0.0178. The standard InChI is InChI=1S/C15H19FO4/c1-4-5-6-12(17)14(16)15(18)11-9-10(19-2)7-8-13(11)20-3/h7-9,14H,4-6H2,1-3H3. The average molecular weight is 282 g/mol. The fraction of sp³-hybridized carbons (Fsp3) is 0.467. The number of rotatable bonds is 8. The first-order chi connectivity index (χ1) is 9.54. The molecule has 0 N–H and O–H groups in total. The van der Waals surface area contributed by atoms with E-state index in [0.29, 0.717) is 12.2 Å². The van der Waals surface area contributed by atoms with E-state index in [0.717, 1.165) is 6.42 Å². The third-order valence-electron chi connectivity index (χ3n) is 2.96. The highest BCUT2D eigenvalue weighted by molar-refractivity contribution is 6.14. The molecular weight excluding hydrogens is 263 g/mol. The van der Waals surface area contributed by atoms with Crippen molar-refractivity contribution in [1.29, 1.82) is 0 Å². The third kappa shape index (κ3) is 3.79. The van der Waals surface area contributed by atoms with Crippen molar-refractivity contribution in [2.24, 2.45) is 0 Å². The predicted molar refractivity (Wildman–Crippen MR) is 73.3 cm³/mol. The van der Waals surface area contributed by atoms with Crippen LogP contribution in [0.25, 0.3) is 0 Å². The highest BCUT2D eigenvalue weighted by Crippen LogP contribution is 2.26. The Hall–Kier alpha value is -1.91. The molecule has 1 atom stereocenters. The van der Waals surface area contributed by atoms with Crippen molar-refractivity contribution in [2.45, 2.75) is 32.4 Å². The molecule has 1 aromatic rings. The molecule has 20 heavy (non-hydrogen) atoms. The predicted octanol–water partition coefficient (Wildman–Crippen LogP) is 2.98. The van der Waals surface area contributed by atoms with Crippen LogP contribution >= 0.6 is 0 Å². The normalized spacial score (nSPS) is 11.8. The molecule has 0 aromatic heterocycles. The molecule has 0 bridgehead atoms. The van der Waals surface area contributed by atoms with Crippen molar-refractivity contribution in [1.82, 2.24) is 0 Å². The van der Waals surface area contributed by atoms with Crippen molar-refractivity contribution < 1.29 is 23.5 Å². The molecule has 0 saturated carbocycles. The molecule has 0 fully saturated rings. The van der Waals surface area contributed by atoms with Gasteiger partial charge in [-0.15, -0.1) is 0 Å². The lowest BCUT2D eigenvalue weighted by molar-refractivity contribution is -0.122. The number of methoxy groups -OCH3 is 2. The van der Waals surface area contributed by atoms with E-state index >= 15 is 0 Å². The SMILES string of the molecule is CCCCC(=O)C(F)C(=O)c1cc(OC)ccc1OC. The number of ketones is 2. The van der Waals surface area contributed by atoms with E-state index in [1.807, 2.05) is 6.92 Å². The largest absolute Gasteiger partial charge is 0.497 e. The molecular formula is C15H19FO4. The molecule has 0 saturated heterocycles. The maximum absolute atomic E-state index is 14.0. The van der Waals surface area contributed by atoms with Gasteiger partial charge < -0.3 is 9.47 Å². The van der Waals surface area contributed by atoms with Gasteiger partial charge >= 0.3 is 0 Å². The zero-order valence-corrected chi connectivity index (χ0v) is 11.9. The Morgan fingerprint density at radius 1 is 1.25 bits per heavy atom. The summed E-state index contributed by atoms with van der Waals surface area (Å²) in [5, 5.41) is 0. The summed E-state index contributed by atoms with van der Waals surface area (Å²) < 4.78 is 24.0. The molecule has 5 heteroatoms. The van der Waals surface area contributed by atoms with E-state index in [2.05, 4.69) is 0 Å². The Kier molecular flexibility index (Phi) is 6.15.